The maximum Gasteiger partial charge on any atom is 0.248 e. The number of hydrogen-bond donors (Lipinski definition) is 0. The highest BCUT2D eigenvalue weighted by molar-refractivity contribution is 5.90. The van der Waals surface area contributed by atoms with E-state index in [0.717, 1.165) is 5.56 Å². The molecule has 2 rings (SSSR count). The van der Waals surface area contributed by atoms with Gasteiger partial charge in [0, 0.05) is 19.2 Å². The SMILES string of the molecule is CCO[C@@H]1C=CC(=O)N1Cc1ccccc1. The molecule has 0 fully saturated rings. The number of carbonyl (C=O) groups excluding carboxylic acids is 1. The molecule has 1 aliphatic heterocycles. The molecule has 1 aromatic carbocycles. The third kappa shape index (κ3) is 2.31. The second-order valence-corrected chi connectivity index (χ2v) is 3.66. The highest BCUT2D eigenvalue weighted by atomic mass is 16.5. The Labute approximate surface area is 95.3 Å². The van der Waals surface area contributed by atoms with Gasteiger partial charge in [0.2, 0.25) is 5.91 Å². The molecule has 1 amide bonds. The molecule has 0 aromatic heterocycles. The Morgan fingerprint density at radius 3 is 2.75 bits per heavy atom. The number of rotatable bonds is 4. The number of amides is 1. The van der Waals surface area contributed by atoms with E-state index in [1.165, 1.54) is 0 Å². The number of nitrogens with zero attached hydrogens (tertiary/aromatic N) is 1. The van der Waals surface area contributed by atoms with Crippen molar-refractivity contribution in [3.8, 4) is 0 Å². The number of hydrogen-bond acceptors (Lipinski definition) is 2. The van der Waals surface area contributed by atoms with Gasteiger partial charge in [-0.1, -0.05) is 30.3 Å². The minimum absolute atomic E-state index is 0.0160. The smallest absolute Gasteiger partial charge is 0.248 e. The van der Waals surface area contributed by atoms with Crippen LogP contribution in [0.3, 0.4) is 0 Å². The Kier molecular flexibility index (Phi) is 3.37. The second kappa shape index (κ2) is 4.94. The predicted molar refractivity (Wildman–Crippen MR) is 61.5 cm³/mol. The Balaban J connectivity index is 2.06. The Morgan fingerprint density at radius 2 is 2.06 bits per heavy atom. The van der Waals surface area contributed by atoms with Crippen LogP contribution in [0.25, 0.3) is 0 Å². The summed E-state index contributed by atoms with van der Waals surface area (Å²) in [4.78, 5) is 13.3. The van der Waals surface area contributed by atoms with E-state index in [0.29, 0.717) is 13.2 Å². The molecule has 0 saturated heterocycles. The van der Waals surface area contributed by atoms with Crippen molar-refractivity contribution >= 4 is 5.91 Å². The topological polar surface area (TPSA) is 29.5 Å². The van der Waals surface area contributed by atoms with Gasteiger partial charge in [-0.2, -0.15) is 0 Å². The van der Waals surface area contributed by atoms with Crippen molar-refractivity contribution in [2.45, 2.75) is 19.7 Å². The van der Waals surface area contributed by atoms with E-state index in [2.05, 4.69) is 0 Å². The zero-order chi connectivity index (χ0) is 11.4. The maximum atomic E-state index is 11.6. The van der Waals surface area contributed by atoms with Gasteiger partial charge in [-0.3, -0.25) is 4.79 Å². The highest BCUT2D eigenvalue weighted by Gasteiger charge is 2.25. The fraction of sp³-hybridized carbons (Fsp3) is 0.308. The van der Waals surface area contributed by atoms with Crippen molar-refractivity contribution in [2.24, 2.45) is 0 Å². The van der Waals surface area contributed by atoms with E-state index in [1.807, 2.05) is 37.3 Å². The standard InChI is InChI=1S/C13H15NO2/c1-2-16-13-9-8-12(15)14(13)10-11-6-4-3-5-7-11/h3-9,13H,2,10H2,1H3/t13-/m1/s1. The van der Waals surface area contributed by atoms with Crippen molar-refractivity contribution in [3.63, 3.8) is 0 Å². The lowest BCUT2D eigenvalue weighted by Gasteiger charge is -2.24. The summed E-state index contributed by atoms with van der Waals surface area (Å²) in [5.74, 6) is 0.0160. The van der Waals surface area contributed by atoms with Crippen LogP contribution in [-0.4, -0.2) is 23.6 Å². The first kappa shape index (κ1) is 10.9. The lowest BCUT2D eigenvalue weighted by Crippen LogP contribution is -2.35. The molecule has 3 heteroatoms. The summed E-state index contributed by atoms with van der Waals surface area (Å²) >= 11 is 0. The molecule has 1 atom stereocenters. The van der Waals surface area contributed by atoms with E-state index >= 15 is 0 Å². The molecule has 0 bridgehead atoms. The van der Waals surface area contributed by atoms with E-state index < -0.39 is 0 Å². The first-order chi connectivity index (χ1) is 7.81. The third-order valence-corrected chi connectivity index (χ3v) is 2.53. The second-order valence-electron chi connectivity index (χ2n) is 3.66. The Bertz CT molecular complexity index is 386. The molecule has 1 heterocycles. The summed E-state index contributed by atoms with van der Waals surface area (Å²) in [5.41, 5.74) is 1.12. The minimum atomic E-state index is -0.210. The van der Waals surface area contributed by atoms with Crippen LogP contribution >= 0.6 is 0 Å². The van der Waals surface area contributed by atoms with Gasteiger partial charge in [-0.25, -0.2) is 0 Å². The van der Waals surface area contributed by atoms with Crippen LogP contribution in [0.5, 0.6) is 0 Å². The lowest BCUT2D eigenvalue weighted by atomic mass is 10.2. The van der Waals surface area contributed by atoms with Crippen LogP contribution < -0.4 is 0 Å². The lowest BCUT2D eigenvalue weighted by molar-refractivity contribution is -0.134. The molecule has 0 spiro atoms. The van der Waals surface area contributed by atoms with Gasteiger partial charge in [0.1, 0.15) is 0 Å². The zero-order valence-electron chi connectivity index (χ0n) is 9.30. The average molecular weight is 217 g/mol. The van der Waals surface area contributed by atoms with Crippen molar-refractivity contribution in [1.29, 1.82) is 0 Å². The van der Waals surface area contributed by atoms with Gasteiger partial charge in [-0.05, 0) is 18.6 Å². The van der Waals surface area contributed by atoms with Gasteiger partial charge >= 0.3 is 0 Å². The van der Waals surface area contributed by atoms with Crippen LogP contribution in [0.1, 0.15) is 12.5 Å². The molecule has 0 radical (unpaired) electrons. The molecule has 0 saturated carbocycles. The first-order valence-electron chi connectivity index (χ1n) is 5.45. The van der Waals surface area contributed by atoms with Crippen LogP contribution in [0.15, 0.2) is 42.5 Å². The Hall–Kier alpha value is -1.61. The average Bonchev–Trinajstić information content (AvgIpc) is 2.64. The molecule has 1 aliphatic rings. The van der Waals surface area contributed by atoms with E-state index in [1.54, 1.807) is 17.1 Å². The summed E-state index contributed by atoms with van der Waals surface area (Å²) in [6.07, 6.45) is 3.16. The zero-order valence-corrected chi connectivity index (χ0v) is 9.30. The van der Waals surface area contributed by atoms with Gasteiger partial charge in [0.25, 0.3) is 0 Å². The van der Waals surface area contributed by atoms with Gasteiger partial charge in [0.15, 0.2) is 6.23 Å². The van der Waals surface area contributed by atoms with Gasteiger partial charge in [0.05, 0.1) is 0 Å². The van der Waals surface area contributed by atoms with E-state index in [9.17, 15) is 4.79 Å². The highest BCUT2D eigenvalue weighted by Crippen LogP contribution is 2.16. The van der Waals surface area contributed by atoms with E-state index in [4.69, 9.17) is 4.74 Å². The predicted octanol–water partition coefficient (Wildman–Crippen LogP) is 1.95. The van der Waals surface area contributed by atoms with Gasteiger partial charge in [-0.15, -0.1) is 0 Å². The monoisotopic (exact) mass is 217 g/mol. The number of ether oxygens (including phenoxy) is 1. The van der Waals surface area contributed by atoms with Crippen molar-refractivity contribution in [3.05, 3.63) is 48.0 Å². The van der Waals surface area contributed by atoms with Crippen LogP contribution in [0.4, 0.5) is 0 Å². The fourth-order valence-electron chi connectivity index (χ4n) is 1.75. The fourth-order valence-corrected chi connectivity index (χ4v) is 1.75. The van der Waals surface area contributed by atoms with Crippen molar-refractivity contribution in [1.82, 2.24) is 4.90 Å². The van der Waals surface area contributed by atoms with Crippen molar-refractivity contribution < 1.29 is 9.53 Å². The molecule has 0 N–H and O–H groups in total. The third-order valence-electron chi connectivity index (χ3n) is 2.53. The van der Waals surface area contributed by atoms with Crippen LogP contribution in [0.2, 0.25) is 0 Å². The molecular weight excluding hydrogens is 202 g/mol. The molecule has 3 nitrogen and oxygen atoms in total. The normalized spacial score (nSPS) is 19.4. The summed E-state index contributed by atoms with van der Waals surface area (Å²) in [5, 5.41) is 0. The summed E-state index contributed by atoms with van der Waals surface area (Å²) < 4.78 is 5.48. The molecule has 1 aromatic rings. The number of benzene rings is 1. The first-order valence-corrected chi connectivity index (χ1v) is 5.45. The quantitative estimate of drug-likeness (QED) is 0.771. The summed E-state index contributed by atoms with van der Waals surface area (Å²) in [6, 6.07) is 9.93. The molecule has 84 valence electrons. The van der Waals surface area contributed by atoms with Crippen LogP contribution in [0, 0.1) is 0 Å². The summed E-state index contributed by atoms with van der Waals surface area (Å²) in [6.45, 7) is 3.13. The number of carbonyl (C=O) groups is 1. The van der Waals surface area contributed by atoms with E-state index in [-0.39, 0.29) is 12.1 Å². The molecular formula is C13H15NO2. The Morgan fingerprint density at radius 1 is 1.31 bits per heavy atom. The van der Waals surface area contributed by atoms with Crippen LogP contribution in [-0.2, 0) is 16.1 Å². The van der Waals surface area contributed by atoms with Crippen molar-refractivity contribution in [2.75, 3.05) is 6.61 Å². The molecule has 16 heavy (non-hydrogen) atoms. The maximum absolute atomic E-state index is 11.6. The molecule has 0 aliphatic carbocycles. The largest absolute Gasteiger partial charge is 0.355 e. The minimum Gasteiger partial charge on any atom is -0.355 e. The summed E-state index contributed by atoms with van der Waals surface area (Å²) in [7, 11) is 0. The molecule has 0 unspecified atom stereocenters. The van der Waals surface area contributed by atoms with Gasteiger partial charge < -0.3 is 9.64 Å².